The second-order valence-corrected chi connectivity index (χ2v) is 7.31. The maximum absolute atomic E-state index is 12.5. The Morgan fingerprint density at radius 2 is 1.79 bits per heavy atom. The van der Waals surface area contributed by atoms with Crippen LogP contribution in [0.15, 0.2) is 53.6 Å². The van der Waals surface area contributed by atoms with Crippen molar-refractivity contribution in [3.8, 4) is 5.75 Å². The van der Waals surface area contributed by atoms with Gasteiger partial charge in [0.25, 0.3) is 0 Å². The third-order valence-electron chi connectivity index (χ3n) is 4.72. The van der Waals surface area contributed by atoms with E-state index in [9.17, 15) is 9.59 Å². The summed E-state index contributed by atoms with van der Waals surface area (Å²) in [6.07, 6.45) is 0. The zero-order chi connectivity index (χ0) is 21.0. The Morgan fingerprint density at radius 3 is 2.38 bits per heavy atom. The number of nitrogens with one attached hydrogen (secondary N) is 1. The SMILES string of the molecule is COC(=O)C1(C)CN(CC(=O)Nc2ccc(Cl)cc2)N=C1c1ccc(OC)cc1. The van der Waals surface area contributed by atoms with Crippen LogP contribution in [0.5, 0.6) is 5.75 Å². The molecule has 1 amide bonds. The van der Waals surface area contributed by atoms with Gasteiger partial charge in [-0.1, -0.05) is 11.6 Å². The van der Waals surface area contributed by atoms with Crippen LogP contribution in [0.1, 0.15) is 12.5 Å². The van der Waals surface area contributed by atoms with Crippen molar-refractivity contribution in [1.82, 2.24) is 5.01 Å². The second kappa shape index (κ2) is 8.53. The largest absolute Gasteiger partial charge is 0.497 e. The van der Waals surface area contributed by atoms with Gasteiger partial charge in [0.1, 0.15) is 17.7 Å². The van der Waals surface area contributed by atoms with Gasteiger partial charge in [-0.3, -0.25) is 14.6 Å². The van der Waals surface area contributed by atoms with Gasteiger partial charge < -0.3 is 14.8 Å². The average Bonchev–Trinajstić information content (AvgIpc) is 3.06. The van der Waals surface area contributed by atoms with Gasteiger partial charge in [-0.2, -0.15) is 5.10 Å². The molecule has 1 N–H and O–H groups in total. The van der Waals surface area contributed by atoms with E-state index in [-0.39, 0.29) is 19.0 Å². The number of nitrogens with zero attached hydrogens (tertiary/aromatic N) is 2. The second-order valence-electron chi connectivity index (χ2n) is 6.88. The minimum atomic E-state index is -0.996. The van der Waals surface area contributed by atoms with E-state index in [1.54, 1.807) is 55.4 Å². The third-order valence-corrected chi connectivity index (χ3v) is 4.97. The van der Waals surface area contributed by atoms with Crippen molar-refractivity contribution in [2.75, 3.05) is 32.6 Å². The normalized spacial score (nSPS) is 18.2. The van der Waals surface area contributed by atoms with E-state index in [0.717, 1.165) is 5.56 Å². The Bertz CT molecular complexity index is 928. The van der Waals surface area contributed by atoms with Crippen molar-refractivity contribution in [3.63, 3.8) is 0 Å². The van der Waals surface area contributed by atoms with Crippen LogP contribution in [0.25, 0.3) is 0 Å². The molecule has 2 aromatic rings. The summed E-state index contributed by atoms with van der Waals surface area (Å²) in [6, 6.07) is 14.1. The molecule has 0 fully saturated rings. The zero-order valence-corrected chi connectivity index (χ0v) is 17.2. The fraction of sp³-hybridized carbons (Fsp3) is 0.286. The van der Waals surface area contributed by atoms with Crippen LogP contribution in [-0.2, 0) is 14.3 Å². The van der Waals surface area contributed by atoms with E-state index >= 15 is 0 Å². The number of esters is 1. The molecule has 0 aromatic heterocycles. The number of hydrazone groups is 1. The highest BCUT2D eigenvalue weighted by molar-refractivity contribution is 6.30. The topological polar surface area (TPSA) is 80.2 Å². The van der Waals surface area contributed by atoms with Crippen molar-refractivity contribution in [1.29, 1.82) is 0 Å². The smallest absolute Gasteiger partial charge is 0.319 e. The monoisotopic (exact) mass is 415 g/mol. The first kappa shape index (κ1) is 20.7. The predicted molar refractivity (Wildman–Crippen MR) is 111 cm³/mol. The van der Waals surface area contributed by atoms with E-state index in [1.165, 1.54) is 7.11 Å². The summed E-state index contributed by atoms with van der Waals surface area (Å²) in [6.45, 7) is 1.99. The van der Waals surface area contributed by atoms with Gasteiger partial charge in [0.2, 0.25) is 5.91 Å². The molecule has 0 saturated carbocycles. The molecule has 0 spiro atoms. The van der Waals surface area contributed by atoms with Crippen LogP contribution >= 0.6 is 11.6 Å². The van der Waals surface area contributed by atoms with Crippen LogP contribution in [0.2, 0.25) is 5.02 Å². The van der Waals surface area contributed by atoms with Gasteiger partial charge in [0.15, 0.2) is 0 Å². The summed E-state index contributed by atoms with van der Waals surface area (Å²) in [7, 11) is 2.93. The molecular weight excluding hydrogens is 394 g/mol. The molecule has 0 radical (unpaired) electrons. The van der Waals surface area contributed by atoms with Crippen LogP contribution in [0.4, 0.5) is 5.69 Å². The molecule has 1 atom stereocenters. The van der Waals surface area contributed by atoms with E-state index in [0.29, 0.717) is 22.2 Å². The van der Waals surface area contributed by atoms with Gasteiger partial charge in [-0.15, -0.1) is 0 Å². The number of ether oxygens (including phenoxy) is 2. The number of hydrogen-bond donors (Lipinski definition) is 1. The number of amides is 1. The Balaban J connectivity index is 1.80. The van der Waals surface area contributed by atoms with Crippen molar-refractivity contribution in [2.45, 2.75) is 6.92 Å². The number of halogens is 1. The number of hydrogen-bond acceptors (Lipinski definition) is 6. The van der Waals surface area contributed by atoms with Crippen LogP contribution in [0, 0.1) is 5.41 Å². The van der Waals surface area contributed by atoms with Crippen molar-refractivity contribution < 1.29 is 19.1 Å². The van der Waals surface area contributed by atoms with E-state index in [4.69, 9.17) is 21.1 Å². The van der Waals surface area contributed by atoms with Gasteiger partial charge in [-0.25, -0.2) is 0 Å². The quantitative estimate of drug-likeness (QED) is 0.733. The fourth-order valence-electron chi connectivity index (χ4n) is 3.23. The molecule has 0 bridgehead atoms. The zero-order valence-electron chi connectivity index (χ0n) is 16.4. The molecule has 7 nitrogen and oxygen atoms in total. The van der Waals surface area contributed by atoms with E-state index < -0.39 is 11.4 Å². The van der Waals surface area contributed by atoms with Gasteiger partial charge >= 0.3 is 5.97 Å². The lowest BCUT2D eigenvalue weighted by molar-refractivity contribution is -0.148. The molecule has 0 saturated heterocycles. The van der Waals surface area contributed by atoms with Gasteiger partial charge in [0.05, 0.1) is 26.5 Å². The molecule has 29 heavy (non-hydrogen) atoms. The molecule has 1 heterocycles. The summed E-state index contributed by atoms with van der Waals surface area (Å²) >= 11 is 5.86. The molecule has 1 aliphatic heterocycles. The Hall–Kier alpha value is -3.06. The molecule has 2 aromatic carbocycles. The standard InChI is InChI=1S/C21H22ClN3O4/c1-21(20(27)29-3)13-25(12-18(26)23-16-8-6-15(22)7-9-16)24-19(21)14-4-10-17(28-2)11-5-14/h4-11H,12-13H2,1-3H3,(H,23,26). The predicted octanol–water partition coefficient (Wildman–Crippen LogP) is 3.19. The molecular formula is C21H22ClN3O4. The first-order chi connectivity index (χ1) is 13.9. The van der Waals surface area contributed by atoms with E-state index in [1.807, 2.05) is 12.1 Å². The number of rotatable bonds is 6. The number of anilines is 1. The minimum absolute atomic E-state index is 0.00509. The molecule has 0 aliphatic carbocycles. The van der Waals surface area contributed by atoms with Crippen molar-refractivity contribution >= 4 is 34.9 Å². The van der Waals surface area contributed by atoms with Crippen molar-refractivity contribution in [3.05, 3.63) is 59.1 Å². The van der Waals surface area contributed by atoms with Crippen LogP contribution < -0.4 is 10.1 Å². The maximum Gasteiger partial charge on any atom is 0.319 e. The minimum Gasteiger partial charge on any atom is -0.497 e. The summed E-state index contributed by atoms with van der Waals surface area (Å²) in [4.78, 5) is 25.0. The van der Waals surface area contributed by atoms with Crippen LogP contribution in [0.3, 0.4) is 0 Å². The fourth-order valence-corrected chi connectivity index (χ4v) is 3.36. The lowest BCUT2D eigenvalue weighted by Crippen LogP contribution is -2.41. The number of carbonyl (C=O) groups excluding carboxylic acids is 2. The molecule has 3 rings (SSSR count). The van der Waals surface area contributed by atoms with E-state index in [2.05, 4.69) is 10.4 Å². The van der Waals surface area contributed by atoms with Crippen LogP contribution in [-0.4, -0.2) is 49.9 Å². The van der Waals surface area contributed by atoms with Gasteiger partial charge in [-0.05, 0) is 61.0 Å². The first-order valence-corrected chi connectivity index (χ1v) is 9.36. The van der Waals surface area contributed by atoms with Crippen molar-refractivity contribution in [2.24, 2.45) is 10.5 Å². The molecule has 8 heteroatoms. The maximum atomic E-state index is 12.5. The number of methoxy groups -OCH3 is 2. The highest BCUT2D eigenvalue weighted by Gasteiger charge is 2.47. The highest BCUT2D eigenvalue weighted by Crippen LogP contribution is 2.33. The Kier molecular flexibility index (Phi) is 6.08. The summed E-state index contributed by atoms with van der Waals surface area (Å²) in [5.74, 6) is 0.0401. The van der Waals surface area contributed by atoms with Gasteiger partial charge in [0, 0.05) is 10.7 Å². The number of carbonyl (C=O) groups is 2. The average molecular weight is 416 g/mol. The molecule has 152 valence electrons. The first-order valence-electron chi connectivity index (χ1n) is 8.98. The summed E-state index contributed by atoms with van der Waals surface area (Å²) in [5, 5.41) is 9.51. The lowest BCUT2D eigenvalue weighted by atomic mass is 9.82. The lowest BCUT2D eigenvalue weighted by Gasteiger charge is -2.23. The highest BCUT2D eigenvalue weighted by atomic mass is 35.5. The summed E-state index contributed by atoms with van der Waals surface area (Å²) < 4.78 is 10.2. The number of benzene rings is 2. The third kappa shape index (κ3) is 4.51. The molecule has 1 unspecified atom stereocenters. The Labute approximate surface area is 174 Å². The molecule has 1 aliphatic rings. The Morgan fingerprint density at radius 1 is 1.14 bits per heavy atom. The summed E-state index contributed by atoms with van der Waals surface area (Å²) in [5.41, 5.74) is 0.948.